The van der Waals surface area contributed by atoms with E-state index in [-0.39, 0.29) is 12.5 Å². The average molecular weight is 311 g/mol. The largest absolute Gasteiger partial charge is 0.444 e. The molecule has 6 heteroatoms. The van der Waals surface area contributed by atoms with Gasteiger partial charge in [-0.25, -0.2) is 4.79 Å². The summed E-state index contributed by atoms with van der Waals surface area (Å²) in [7, 11) is 1.86. The van der Waals surface area contributed by atoms with Gasteiger partial charge >= 0.3 is 6.09 Å². The quantitative estimate of drug-likeness (QED) is 0.844. The normalized spacial score (nSPS) is 14.7. The summed E-state index contributed by atoms with van der Waals surface area (Å²) in [6, 6.07) is 0. The molecule has 0 aromatic carbocycles. The van der Waals surface area contributed by atoms with Crippen LogP contribution in [0.1, 0.15) is 40.2 Å². The summed E-state index contributed by atoms with van der Waals surface area (Å²) in [5.41, 5.74) is 0.0591. The molecule has 1 unspecified atom stereocenters. The average Bonchev–Trinajstić information content (AvgIpc) is 2.77. The molecule has 0 radical (unpaired) electrons. The topological polar surface area (TPSA) is 76.4 Å². The molecule has 0 aliphatic carbocycles. The zero-order chi connectivity index (χ0) is 17.0. The van der Waals surface area contributed by atoms with Gasteiger partial charge in [-0.1, -0.05) is 13.8 Å². The smallest absolute Gasteiger partial charge is 0.407 e. The van der Waals surface area contributed by atoms with E-state index in [0.717, 1.165) is 5.56 Å². The van der Waals surface area contributed by atoms with Crippen molar-refractivity contribution in [1.82, 2.24) is 15.1 Å². The lowest BCUT2D eigenvalue weighted by molar-refractivity contribution is 0.0394. The first kappa shape index (κ1) is 18.5. The molecular weight excluding hydrogens is 282 g/mol. The molecule has 1 atom stereocenters. The third-order valence-electron chi connectivity index (χ3n) is 3.84. The van der Waals surface area contributed by atoms with E-state index in [1.165, 1.54) is 0 Å². The Balaban J connectivity index is 2.77. The summed E-state index contributed by atoms with van der Waals surface area (Å²) in [5.74, 6) is 0.188. The van der Waals surface area contributed by atoms with Crippen LogP contribution in [0.25, 0.3) is 0 Å². The van der Waals surface area contributed by atoms with Crippen molar-refractivity contribution in [2.24, 2.45) is 18.4 Å². The molecule has 0 saturated heterocycles. The van der Waals surface area contributed by atoms with Gasteiger partial charge in [-0.3, -0.25) is 4.68 Å². The number of alkyl carbamates (subject to hydrolysis) is 1. The van der Waals surface area contributed by atoms with Crippen molar-refractivity contribution >= 4 is 6.09 Å². The van der Waals surface area contributed by atoms with E-state index in [4.69, 9.17) is 4.74 Å². The van der Waals surface area contributed by atoms with Crippen LogP contribution in [0.2, 0.25) is 0 Å². The second-order valence-corrected chi connectivity index (χ2v) is 7.23. The number of carbonyl (C=O) groups is 1. The zero-order valence-electron chi connectivity index (χ0n) is 14.5. The van der Waals surface area contributed by atoms with Crippen LogP contribution >= 0.6 is 0 Å². The monoisotopic (exact) mass is 311 g/mol. The van der Waals surface area contributed by atoms with Crippen molar-refractivity contribution in [1.29, 1.82) is 0 Å². The maximum atomic E-state index is 11.9. The molecule has 0 spiro atoms. The maximum Gasteiger partial charge on any atom is 0.407 e. The Labute approximate surface area is 132 Å². The number of carbonyl (C=O) groups excluding carboxylic acids is 1. The van der Waals surface area contributed by atoms with Crippen LogP contribution in [-0.4, -0.2) is 39.7 Å². The first-order valence-electron chi connectivity index (χ1n) is 7.63. The fourth-order valence-corrected chi connectivity index (χ4v) is 2.30. The molecule has 22 heavy (non-hydrogen) atoms. The van der Waals surface area contributed by atoms with Crippen molar-refractivity contribution in [3.63, 3.8) is 0 Å². The Morgan fingerprint density at radius 3 is 2.50 bits per heavy atom. The Morgan fingerprint density at radius 1 is 1.45 bits per heavy atom. The predicted octanol–water partition coefficient (Wildman–Crippen LogP) is 2.12. The molecule has 6 nitrogen and oxygen atoms in total. The van der Waals surface area contributed by atoms with Crippen molar-refractivity contribution in [3.8, 4) is 0 Å². The van der Waals surface area contributed by atoms with Gasteiger partial charge in [-0.15, -0.1) is 0 Å². The van der Waals surface area contributed by atoms with E-state index in [2.05, 4.69) is 10.4 Å². The highest BCUT2D eigenvalue weighted by atomic mass is 16.6. The molecule has 1 aromatic rings. The summed E-state index contributed by atoms with van der Waals surface area (Å²) < 4.78 is 7.00. The van der Waals surface area contributed by atoms with Gasteiger partial charge in [0.1, 0.15) is 5.60 Å². The fourth-order valence-electron chi connectivity index (χ4n) is 2.30. The molecule has 126 valence electrons. The van der Waals surface area contributed by atoms with Crippen LogP contribution in [0.15, 0.2) is 12.4 Å². The van der Waals surface area contributed by atoms with E-state index < -0.39 is 17.1 Å². The summed E-state index contributed by atoms with van der Waals surface area (Å²) in [6.07, 6.45) is 3.91. The minimum atomic E-state index is -0.535. The second kappa shape index (κ2) is 7.13. The van der Waals surface area contributed by atoms with Gasteiger partial charge in [-0.2, -0.15) is 5.10 Å². The first-order chi connectivity index (χ1) is 10.1. The molecular formula is C16H29N3O3. The lowest BCUT2D eigenvalue weighted by Gasteiger charge is -2.36. The number of aromatic nitrogens is 2. The van der Waals surface area contributed by atoms with Gasteiger partial charge in [0.05, 0.1) is 12.8 Å². The number of hydrogen-bond acceptors (Lipinski definition) is 4. The van der Waals surface area contributed by atoms with Crippen molar-refractivity contribution in [3.05, 3.63) is 18.0 Å². The SMILES string of the molecule is CC(C)C(CO)(CNC(=O)OC(C)(C)C)Cc1cnn(C)c1. The molecule has 1 rings (SSSR count). The van der Waals surface area contributed by atoms with Gasteiger partial charge in [0.15, 0.2) is 0 Å². The number of nitrogens with zero attached hydrogens (tertiary/aromatic N) is 2. The lowest BCUT2D eigenvalue weighted by Crippen LogP contribution is -2.46. The van der Waals surface area contributed by atoms with Crippen LogP contribution in [-0.2, 0) is 18.2 Å². The van der Waals surface area contributed by atoms with Crippen LogP contribution < -0.4 is 5.32 Å². The van der Waals surface area contributed by atoms with E-state index in [1.807, 2.05) is 47.9 Å². The highest BCUT2D eigenvalue weighted by molar-refractivity contribution is 5.67. The van der Waals surface area contributed by atoms with Crippen molar-refractivity contribution < 1.29 is 14.6 Å². The Hall–Kier alpha value is -1.56. The molecule has 2 N–H and O–H groups in total. The van der Waals surface area contributed by atoms with Crippen molar-refractivity contribution in [2.75, 3.05) is 13.2 Å². The minimum Gasteiger partial charge on any atom is -0.444 e. The number of amides is 1. The molecule has 0 aliphatic rings. The van der Waals surface area contributed by atoms with Gasteiger partial charge < -0.3 is 15.2 Å². The number of rotatable bonds is 6. The molecule has 0 saturated carbocycles. The number of nitrogens with one attached hydrogen (secondary N) is 1. The Morgan fingerprint density at radius 2 is 2.09 bits per heavy atom. The first-order valence-corrected chi connectivity index (χ1v) is 7.63. The molecule has 0 bridgehead atoms. The van der Waals surface area contributed by atoms with E-state index >= 15 is 0 Å². The highest BCUT2D eigenvalue weighted by Gasteiger charge is 2.35. The zero-order valence-corrected chi connectivity index (χ0v) is 14.5. The number of aliphatic hydroxyl groups excluding tert-OH is 1. The van der Waals surface area contributed by atoms with Crippen molar-refractivity contribution in [2.45, 2.75) is 46.6 Å². The van der Waals surface area contributed by atoms with Crippen LogP contribution in [0.5, 0.6) is 0 Å². The maximum absolute atomic E-state index is 11.9. The summed E-state index contributed by atoms with van der Waals surface area (Å²) in [6.45, 7) is 9.89. The third-order valence-corrected chi connectivity index (χ3v) is 3.84. The molecule has 1 aromatic heterocycles. The van der Waals surface area contributed by atoms with Gasteiger partial charge in [-0.05, 0) is 38.7 Å². The van der Waals surface area contributed by atoms with Gasteiger partial charge in [0.25, 0.3) is 0 Å². The summed E-state index contributed by atoms with van der Waals surface area (Å²) in [5, 5.41) is 16.9. The standard InChI is InChI=1S/C16H29N3O3/c1-12(2)16(11-20,7-13-8-18-19(6)9-13)10-17-14(21)22-15(3,4)5/h8-9,12,20H,7,10-11H2,1-6H3,(H,17,21). The summed E-state index contributed by atoms with van der Waals surface area (Å²) in [4.78, 5) is 11.9. The number of ether oxygens (including phenoxy) is 1. The lowest BCUT2D eigenvalue weighted by atomic mass is 9.73. The fraction of sp³-hybridized carbons (Fsp3) is 0.750. The predicted molar refractivity (Wildman–Crippen MR) is 85.5 cm³/mol. The van der Waals surface area contributed by atoms with Gasteiger partial charge in [0.2, 0.25) is 0 Å². The number of aliphatic hydroxyl groups is 1. The molecule has 1 amide bonds. The van der Waals surface area contributed by atoms with Crippen LogP contribution in [0, 0.1) is 11.3 Å². The van der Waals surface area contributed by atoms with Crippen LogP contribution in [0.4, 0.5) is 4.79 Å². The molecule has 0 fully saturated rings. The molecule has 0 aliphatic heterocycles. The van der Waals surface area contributed by atoms with Gasteiger partial charge in [0, 0.05) is 25.2 Å². The third kappa shape index (κ3) is 5.33. The highest BCUT2D eigenvalue weighted by Crippen LogP contribution is 2.31. The molecule has 1 heterocycles. The van der Waals surface area contributed by atoms with E-state index in [1.54, 1.807) is 10.9 Å². The minimum absolute atomic E-state index is 0.0185. The summed E-state index contributed by atoms with van der Waals surface area (Å²) >= 11 is 0. The number of aryl methyl sites for hydroxylation is 1. The second-order valence-electron chi connectivity index (χ2n) is 7.23. The number of hydrogen-bond donors (Lipinski definition) is 2. The van der Waals surface area contributed by atoms with E-state index in [0.29, 0.717) is 13.0 Å². The van der Waals surface area contributed by atoms with Crippen LogP contribution in [0.3, 0.4) is 0 Å². The Bertz CT molecular complexity index is 491. The van der Waals surface area contributed by atoms with E-state index in [9.17, 15) is 9.90 Å². The Kier molecular flexibility index (Phi) is 6.00.